The SMILES string of the molecule is C=C(C)CN1C(n2nc(CC)cc2CC)=NC2C1C(=O)NC(=O)N2C. The number of urea groups is 1. The minimum atomic E-state index is -0.576. The van der Waals surface area contributed by atoms with Crippen molar-refractivity contribution in [1.29, 1.82) is 0 Å². The molecule has 134 valence electrons. The molecule has 1 N–H and O–H groups in total. The van der Waals surface area contributed by atoms with Crippen LogP contribution < -0.4 is 5.32 Å². The molecule has 2 aliphatic heterocycles. The number of rotatable bonds is 4. The lowest BCUT2D eigenvalue weighted by Gasteiger charge is -2.36. The summed E-state index contributed by atoms with van der Waals surface area (Å²) in [6.45, 7) is 10.5. The number of amides is 3. The van der Waals surface area contributed by atoms with Crippen LogP contribution in [0.3, 0.4) is 0 Å². The van der Waals surface area contributed by atoms with Gasteiger partial charge in [0.1, 0.15) is 0 Å². The standard InChI is InChI=1S/C17H24N6O2/c1-6-11-8-12(7-2)23(20-11)16-18-14-13(22(16)9-10(3)4)15(24)19-17(25)21(14)5/h8,13-14H,3,6-7,9H2,1-2,4-5H3,(H,19,24,25). The van der Waals surface area contributed by atoms with Gasteiger partial charge in [0.25, 0.3) is 5.91 Å². The highest BCUT2D eigenvalue weighted by Gasteiger charge is 2.49. The molecule has 2 unspecified atom stereocenters. The molecular formula is C17H24N6O2. The summed E-state index contributed by atoms with van der Waals surface area (Å²) in [7, 11) is 1.64. The lowest BCUT2D eigenvalue weighted by Crippen LogP contribution is -2.64. The van der Waals surface area contributed by atoms with E-state index >= 15 is 0 Å². The monoisotopic (exact) mass is 344 g/mol. The van der Waals surface area contributed by atoms with E-state index in [-0.39, 0.29) is 5.91 Å². The molecule has 8 nitrogen and oxygen atoms in total. The van der Waals surface area contributed by atoms with Gasteiger partial charge in [-0.3, -0.25) is 10.1 Å². The number of aryl methyl sites for hydroxylation is 2. The van der Waals surface area contributed by atoms with Crippen molar-refractivity contribution in [1.82, 2.24) is 24.9 Å². The number of fused-ring (bicyclic) bond motifs is 1. The van der Waals surface area contributed by atoms with Gasteiger partial charge in [0, 0.05) is 19.3 Å². The van der Waals surface area contributed by atoms with Crippen LogP contribution in [0.25, 0.3) is 0 Å². The molecule has 1 saturated heterocycles. The molecule has 2 aliphatic rings. The van der Waals surface area contributed by atoms with Crippen LogP contribution >= 0.6 is 0 Å². The second-order valence-corrected chi connectivity index (χ2v) is 6.52. The van der Waals surface area contributed by atoms with E-state index in [9.17, 15) is 9.59 Å². The van der Waals surface area contributed by atoms with Crippen molar-refractivity contribution in [3.05, 3.63) is 29.6 Å². The van der Waals surface area contributed by atoms with Gasteiger partial charge in [0.05, 0.1) is 5.69 Å². The predicted molar refractivity (Wildman–Crippen MR) is 94.2 cm³/mol. The van der Waals surface area contributed by atoms with Crippen molar-refractivity contribution in [2.75, 3.05) is 13.6 Å². The predicted octanol–water partition coefficient (Wildman–Crippen LogP) is 0.980. The van der Waals surface area contributed by atoms with Gasteiger partial charge in [0.15, 0.2) is 12.2 Å². The maximum absolute atomic E-state index is 12.5. The first-order valence-electron chi connectivity index (χ1n) is 8.52. The van der Waals surface area contributed by atoms with Gasteiger partial charge in [-0.25, -0.2) is 14.5 Å². The van der Waals surface area contributed by atoms with E-state index in [0.717, 1.165) is 29.8 Å². The van der Waals surface area contributed by atoms with Crippen molar-refractivity contribution < 1.29 is 9.59 Å². The van der Waals surface area contributed by atoms with Crippen LogP contribution in [0.2, 0.25) is 0 Å². The smallest absolute Gasteiger partial charge is 0.321 e. The van der Waals surface area contributed by atoms with E-state index in [2.05, 4.69) is 30.0 Å². The highest BCUT2D eigenvalue weighted by molar-refractivity contribution is 6.04. The van der Waals surface area contributed by atoms with Crippen LogP contribution in [0.1, 0.15) is 32.2 Å². The Morgan fingerprint density at radius 3 is 2.64 bits per heavy atom. The van der Waals surface area contributed by atoms with Crippen molar-refractivity contribution in [2.45, 2.75) is 45.8 Å². The van der Waals surface area contributed by atoms with Crippen LogP contribution in [0.4, 0.5) is 4.79 Å². The molecule has 0 bridgehead atoms. The summed E-state index contributed by atoms with van der Waals surface area (Å²) in [4.78, 5) is 32.5. The number of aliphatic imine (C=N–C) groups is 1. The van der Waals surface area contributed by atoms with Gasteiger partial charge in [-0.1, -0.05) is 26.0 Å². The molecule has 0 spiro atoms. The Morgan fingerprint density at radius 1 is 1.32 bits per heavy atom. The van der Waals surface area contributed by atoms with Gasteiger partial charge in [-0.05, 0) is 25.8 Å². The maximum Gasteiger partial charge on any atom is 0.325 e. The van der Waals surface area contributed by atoms with Crippen LogP contribution in [-0.4, -0.2) is 63.3 Å². The third-order valence-electron chi connectivity index (χ3n) is 4.53. The van der Waals surface area contributed by atoms with E-state index in [1.807, 2.05) is 18.7 Å². The average molecular weight is 344 g/mol. The number of carbonyl (C=O) groups is 2. The zero-order valence-electron chi connectivity index (χ0n) is 15.1. The molecule has 3 amide bonds. The molecule has 1 aromatic heterocycles. The Bertz CT molecular complexity index is 765. The number of hydrogen-bond donors (Lipinski definition) is 1. The summed E-state index contributed by atoms with van der Waals surface area (Å²) in [5.74, 6) is 0.250. The maximum atomic E-state index is 12.5. The van der Waals surface area contributed by atoms with E-state index in [1.165, 1.54) is 4.90 Å². The van der Waals surface area contributed by atoms with Crippen molar-refractivity contribution in [2.24, 2.45) is 4.99 Å². The third kappa shape index (κ3) is 2.81. The van der Waals surface area contributed by atoms with Crippen LogP contribution in [0.15, 0.2) is 23.2 Å². The largest absolute Gasteiger partial charge is 0.325 e. The first-order valence-corrected chi connectivity index (χ1v) is 8.52. The van der Waals surface area contributed by atoms with Gasteiger partial charge in [0.2, 0.25) is 5.96 Å². The molecule has 0 radical (unpaired) electrons. The number of nitrogens with one attached hydrogen (secondary N) is 1. The van der Waals surface area contributed by atoms with Gasteiger partial charge < -0.3 is 9.80 Å². The summed E-state index contributed by atoms with van der Waals surface area (Å²) < 4.78 is 1.80. The summed E-state index contributed by atoms with van der Waals surface area (Å²) in [6.07, 6.45) is 1.05. The van der Waals surface area contributed by atoms with E-state index in [1.54, 1.807) is 11.7 Å². The van der Waals surface area contributed by atoms with Gasteiger partial charge in [-0.2, -0.15) is 5.10 Å². The number of nitrogens with zero attached hydrogens (tertiary/aromatic N) is 5. The van der Waals surface area contributed by atoms with E-state index in [4.69, 9.17) is 4.99 Å². The molecule has 2 atom stereocenters. The molecule has 8 heteroatoms. The number of imide groups is 1. The summed E-state index contributed by atoms with van der Waals surface area (Å²) in [5.41, 5.74) is 2.90. The van der Waals surface area contributed by atoms with Crippen molar-refractivity contribution in [3.63, 3.8) is 0 Å². The van der Waals surface area contributed by atoms with Gasteiger partial charge in [-0.15, -0.1) is 0 Å². The summed E-state index contributed by atoms with van der Waals surface area (Å²) in [5, 5.41) is 7.04. The first kappa shape index (κ1) is 17.2. The lowest BCUT2D eigenvalue weighted by atomic mass is 10.1. The molecule has 3 rings (SSSR count). The second-order valence-electron chi connectivity index (χ2n) is 6.52. The topological polar surface area (TPSA) is 82.8 Å². The normalized spacial score (nSPS) is 22.8. The van der Waals surface area contributed by atoms with Crippen LogP contribution in [0.5, 0.6) is 0 Å². The fourth-order valence-electron chi connectivity index (χ4n) is 3.22. The minimum Gasteiger partial charge on any atom is -0.321 e. The van der Waals surface area contributed by atoms with Crippen molar-refractivity contribution >= 4 is 17.9 Å². The number of hydrogen-bond acceptors (Lipinski definition) is 5. The third-order valence-corrected chi connectivity index (χ3v) is 4.53. The number of likely N-dealkylation sites (N-methyl/N-ethyl adjacent to an activating group) is 1. The highest BCUT2D eigenvalue weighted by Crippen LogP contribution is 2.26. The average Bonchev–Trinajstić information content (AvgIpc) is 3.13. The molecule has 1 aromatic rings. The summed E-state index contributed by atoms with van der Waals surface area (Å²) >= 11 is 0. The van der Waals surface area contributed by atoms with Crippen molar-refractivity contribution in [3.8, 4) is 0 Å². The fourth-order valence-corrected chi connectivity index (χ4v) is 3.22. The van der Waals surface area contributed by atoms with Crippen LogP contribution in [-0.2, 0) is 17.6 Å². The Labute approximate surface area is 147 Å². The minimum absolute atomic E-state index is 0.339. The number of aromatic nitrogens is 2. The second kappa shape index (κ2) is 6.34. The Balaban J connectivity index is 2.09. The Morgan fingerprint density at radius 2 is 2.04 bits per heavy atom. The van der Waals surface area contributed by atoms with Gasteiger partial charge >= 0.3 is 6.03 Å². The van der Waals surface area contributed by atoms with E-state index < -0.39 is 18.2 Å². The molecule has 0 aromatic carbocycles. The Hall–Kier alpha value is -2.64. The first-order chi connectivity index (χ1) is 11.9. The zero-order chi connectivity index (χ0) is 18.3. The molecule has 0 aliphatic carbocycles. The molecular weight excluding hydrogens is 320 g/mol. The summed E-state index contributed by atoms with van der Waals surface area (Å²) in [6, 6.07) is 1.04. The molecule has 3 heterocycles. The van der Waals surface area contributed by atoms with E-state index in [0.29, 0.717) is 12.5 Å². The fraction of sp³-hybridized carbons (Fsp3) is 0.529. The lowest BCUT2D eigenvalue weighted by molar-refractivity contribution is -0.127. The zero-order valence-corrected chi connectivity index (χ0v) is 15.1. The Kier molecular flexibility index (Phi) is 4.36. The van der Waals surface area contributed by atoms with Crippen LogP contribution in [0, 0.1) is 0 Å². The quantitative estimate of drug-likeness (QED) is 0.826. The number of carbonyl (C=O) groups excluding carboxylic acids is 2. The molecule has 1 fully saturated rings. The molecule has 0 saturated carbocycles. The highest BCUT2D eigenvalue weighted by atomic mass is 16.2. The molecule has 25 heavy (non-hydrogen) atoms.